The Morgan fingerprint density at radius 1 is 0.938 bits per heavy atom. The molecule has 0 saturated carbocycles. The summed E-state index contributed by atoms with van der Waals surface area (Å²) in [5.41, 5.74) is 1.72. The Balaban J connectivity index is 1.43. The first-order valence-corrected chi connectivity index (χ1v) is 10.9. The number of aromatic nitrogens is 1. The van der Waals surface area contributed by atoms with E-state index in [1.807, 2.05) is 37.3 Å². The van der Waals surface area contributed by atoms with Crippen LogP contribution in [0.1, 0.15) is 25.7 Å². The first kappa shape index (κ1) is 21.9. The maximum atomic E-state index is 13.1. The van der Waals surface area contributed by atoms with Crippen molar-refractivity contribution in [1.82, 2.24) is 14.8 Å². The molecule has 166 valence electrons. The fourth-order valence-electron chi connectivity index (χ4n) is 3.57. The summed E-state index contributed by atoms with van der Waals surface area (Å²) in [6.45, 7) is 0.104. The van der Waals surface area contributed by atoms with Gasteiger partial charge in [0.15, 0.2) is 0 Å². The van der Waals surface area contributed by atoms with E-state index < -0.39 is 12.5 Å². The molecular formula is C23H21F2N3O3S. The predicted molar refractivity (Wildman–Crippen MR) is 117 cm³/mol. The highest BCUT2D eigenvalue weighted by Gasteiger charge is 2.29. The van der Waals surface area contributed by atoms with Crippen LogP contribution in [0.5, 0.6) is 5.75 Å². The fraction of sp³-hybridized carbons (Fsp3) is 0.261. The molecule has 0 aliphatic carbocycles. The molecule has 1 aliphatic heterocycles. The minimum atomic E-state index is -3.01. The molecule has 2 amide bonds. The van der Waals surface area contributed by atoms with Gasteiger partial charge in [-0.05, 0) is 19.1 Å². The second-order valence-corrected chi connectivity index (χ2v) is 8.26. The summed E-state index contributed by atoms with van der Waals surface area (Å²) < 4.78 is 29.8. The van der Waals surface area contributed by atoms with Gasteiger partial charge >= 0.3 is 6.61 Å². The van der Waals surface area contributed by atoms with E-state index in [9.17, 15) is 18.4 Å². The second-order valence-electron chi connectivity index (χ2n) is 7.26. The fourth-order valence-corrected chi connectivity index (χ4v) is 4.61. The largest absolute Gasteiger partial charge is 0.434 e. The van der Waals surface area contributed by atoms with Crippen LogP contribution in [0.3, 0.4) is 0 Å². The summed E-state index contributed by atoms with van der Waals surface area (Å²) in [5.74, 6) is -0.663. The zero-order chi connectivity index (χ0) is 22.7. The number of benzene rings is 2. The number of ether oxygens (including phenoxy) is 1. The van der Waals surface area contributed by atoms with Crippen molar-refractivity contribution in [1.29, 1.82) is 0 Å². The van der Waals surface area contributed by atoms with Gasteiger partial charge in [0.05, 0.1) is 11.3 Å². The number of carbonyl (C=O) groups excluding carboxylic acids is 2. The molecule has 0 spiro atoms. The van der Waals surface area contributed by atoms with Crippen LogP contribution in [0.4, 0.5) is 8.78 Å². The van der Waals surface area contributed by atoms with Gasteiger partial charge in [-0.2, -0.15) is 8.78 Å². The first-order chi connectivity index (χ1) is 15.4. The standard InChI is InChI=1S/C23H21F2N3O3S/c1-15-19(32-20(26-15)16-7-3-2-4-8-16)22(30)28-13-11-27(12-14-28)21(29)17-9-5-6-10-18(17)31-23(24)25/h2-10,23H,11-14H2,1H3. The monoisotopic (exact) mass is 457 g/mol. The Kier molecular flexibility index (Phi) is 6.45. The van der Waals surface area contributed by atoms with Crippen LogP contribution in [-0.4, -0.2) is 59.4 Å². The number of para-hydroxylation sites is 1. The molecule has 0 radical (unpaired) electrons. The molecule has 6 nitrogen and oxygen atoms in total. The van der Waals surface area contributed by atoms with Crippen molar-refractivity contribution in [3.63, 3.8) is 0 Å². The van der Waals surface area contributed by atoms with E-state index in [1.54, 1.807) is 15.9 Å². The summed E-state index contributed by atoms with van der Waals surface area (Å²) in [6.07, 6.45) is 0. The lowest BCUT2D eigenvalue weighted by Gasteiger charge is -2.34. The van der Waals surface area contributed by atoms with Crippen LogP contribution in [-0.2, 0) is 0 Å². The van der Waals surface area contributed by atoms with Crippen LogP contribution < -0.4 is 4.74 Å². The molecule has 0 atom stereocenters. The van der Waals surface area contributed by atoms with Crippen LogP contribution >= 0.6 is 11.3 Å². The van der Waals surface area contributed by atoms with Gasteiger partial charge in [-0.3, -0.25) is 9.59 Å². The molecule has 1 aliphatic rings. The van der Waals surface area contributed by atoms with Gasteiger partial charge in [0.25, 0.3) is 11.8 Å². The highest BCUT2D eigenvalue weighted by molar-refractivity contribution is 7.17. The SMILES string of the molecule is Cc1nc(-c2ccccc2)sc1C(=O)N1CCN(C(=O)c2ccccc2OC(F)F)CC1. The molecule has 32 heavy (non-hydrogen) atoms. The van der Waals surface area contributed by atoms with E-state index in [2.05, 4.69) is 9.72 Å². The van der Waals surface area contributed by atoms with Crippen LogP contribution in [0.2, 0.25) is 0 Å². The quantitative estimate of drug-likeness (QED) is 0.573. The van der Waals surface area contributed by atoms with Crippen LogP contribution in [0, 0.1) is 6.92 Å². The molecule has 3 aromatic rings. The van der Waals surface area contributed by atoms with Crippen molar-refractivity contribution < 1.29 is 23.1 Å². The third-order valence-corrected chi connectivity index (χ3v) is 6.39. The van der Waals surface area contributed by atoms with Crippen molar-refractivity contribution >= 4 is 23.2 Å². The summed E-state index contributed by atoms with van der Waals surface area (Å²) >= 11 is 1.36. The molecule has 1 fully saturated rings. The number of carbonyl (C=O) groups is 2. The lowest BCUT2D eigenvalue weighted by atomic mass is 10.1. The predicted octanol–water partition coefficient (Wildman–Crippen LogP) is 4.32. The molecule has 1 saturated heterocycles. The third-order valence-electron chi connectivity index (χ3n) is 5.20. The average molecular weight is 458 g/mol. The molecular weight excluding hydrogens is 436 g/mol. The van der Waals surface area contributed by atoms with Gasteiger partial charge in [0.1, 0.15) is 15.6 Å². The normalized spacial score (nSPS) is 14.0. The average Bonchev–Trinajstić information content (AvgIpc) is 3.20. The zero-order valence-electron chi connectivity index (χ0n) is 17.3. The van der Waals surface area contributed by atoms with E-state index >= 15 is 0 Å². The number of halogens is 2. The molecule has 9 heteroatoms. The second kappa shape index (κ2) is 9.44. The van der Waals surface area contributed by atoms with Crippen LogP contribution in [0.15, 0.2) is 54.6 Å². The van der Waals surface area contributed by atoms with Gasteiger partial charge in [-0.15, -0.1) is 11.3 Å². The van der Waals surface area contributed by atoms with E-state index in [0.29, 0.717) is 36.8 Å². The summed E-state index contributed by atoms with van der Waals surface area (Å²) in [6, 6.07) is 15.6. The van der Waals surface area contributed by atoms with Crippen molar-refractivity contribution in [2.45, 2.75) is 13.5 Å². The van der Waals surface area contributed by atoms with Gasteiger partial charge < -0.3 is 14.5 Å². The molecule has 0 bridgehead atoms. The number of thiazole rings is 1. The van der Waals surface area contributed by atoms with Crippen molar-refractivity contribution in [3.8, 4) is 16.3 Å². The third kappa shape index (κ3) is 4.62. The van der Waals surface area contributed by atoms with E-state index in [0.717, 1.165) is 10.6 Å². The number of hydrogen-bond donors (Lipinski definition) is 0. The minimum Gasteiger partial charge on any atom is -0.434 e. The Bertz CT molecular complexity index is 1110. The smallest absolute Gasteiger partial charge is 0.387 e. The number of aryl methyl sites for hydroxylation is 1. The summed E-state index contributed by atoms with van der Waals surface area (Å²) in [7, 11) is 0. The van der Waals surface area contributed by atoms with Gasteiger partial charge in [0, 0.05) is 31.7 Å². The van der Waals surface area contributed by atoms with Crippen molar-refractivity contribution in [2.75, 3.05) is 26.2 Å². The van der Waals surface area contributed by atoms with Gasteiger partial charge in [-0.25, -0.2) is 4.98 Å². The highest BCUT2D eigenvalue weighted by atomic mass is 32.1. The van der Waals surface area contributed by atoms with E-state index in [-0.39, 0.29) is 17.2 Å². The number of rotatable bonds is 5. The molecule has 2 heterocycles. The first-order valence-electron chi connectivity index (χ1n) is 10.1. The molecule has 0 unspecified atom stereocenters. The van der Waals surface area contributed by atoms with Crippen molar-refractivity contribution in [3.05, 3.63) is 70.7 Å². The molecule has 4 rings (SSSR count). The molecule has 1 aromatic heterocycles. The number of amides is 2. The number of hydrogen-bond acceptors (Lipinski definition) is 5. The minimum absolute atomic E-state index is 0.0818. The Morgan fingerprint density at radius 2 is 1.53 bits per heavy atom. The molecule has 0 N–H and O–H groups in total. The van der Waals surface area contributed by atoms with Crippen molar-refractivity contribution in [2.24, 2.45) is 0 Å². The van der Waals surface area contributed by atoms with Gasteiger partial charge in [-0.1, -0.05) is 42.5 Å². The van der Waals surface area contributed by atoms with E-state index in [1.165, 1.54) is 29.5 Å². The lowest BCUT2D eigenvalue weighted by molar-refractivity contribution is -0.0503. The number of alkyl halides is 2. The summed E-state index contributed by atoms with van der Waals surface area (Å²) in [4.78, 5) is 34.3. The number of piperazine rings is 1. The Morgan fingerprint density at radius 3 is 2.19 bits per heavy atom. The van der Waals surface area contributed by atoms with Crippen LogP contribution in [0.25, 0.3) is 10.6 Å². The maximum Gasteiger partial charge on any atom is 0.387 e. The lowest BCUT2D eigenvalue weighted by Crippen LogP contribution is -2.50. The highest BCUT2D eigenvalue weighted by Crippen LogP contribution is 2.29. The topological polar surface area (TPSA) is 62.7 Å². The zero-order valence-corrected chi connectivity index (χ0v) is 18.1. The van der Waals surface area contributed by atoms with E-state index in [4.69, 9.17) is 0 Å². The Labute approximate surface area is 188 Å². The van der Waals surface area contributed by atoms with Gasteiger partial charge in [0.2, 0.25) is 0 Å². The Hall–Kier alpha value is -3.33. The number of nitrogens with zero attached hydrogens (tertiary/aromatic N) is 3. The maximum absolute atomic E-state index is 13.1. The summed E-state index contributed by atoms with van der Waals surface area (Å²) in [5, 5.41) is 0.788. The molecule has 2 aromatic carbocycles.